The molecule has 0 spiro atoms. The average Bonchev–Trinajstić information content (AvgIpc) is 2.45. The first kappa shape index (κ1) is 15.2. The maximum Gasteiger partial charge on any atom is 0.342 e. The highest BCUT2D eigenvalue weighted by Gasteiger charge is 2.31. The monoisotopic (exact) mass is 296 g/mol. The Morgan fingerprint density at radius 2 is 2.10 bits per heavy atom. The van der Waals surface area contributed by atoms with Crippen LogP contribution < -0.4 is 5.32 Å². The van der Waals surface area contributed by atoms with Gasteiger partial charge in [-0.3, -0.25) is 10.1 Å². The lowest BCUT2D eigenvalue weighted by molar-refractivity contribution is -0.384. The Hall–Kier alpha value is -2.19. The first-order valence-corrected chi connectivity index (χ1v) is 6.48. The van der Waals surface area contributed by atoms with Gasteiger partial charge in [-0.2, -0.15) is 0 Å². The summed E-state index contributed by atoms with van der Waals surface area (Å²) in [4.78, 5) is 21.4. The van der Waals surface area contributed by atoms with Crippen LogP contribution in [0.5, 0.6) is 0 Å². The normalized spacial score (nSPS) is 17.2. The predicted octanol–water partition coefficient (Wildman–Crippen LogP) is 1.25. The third-order valence-electron chi connectivity index (χ3n) is 3.48. The maximum atomic E-state index is 11.1. The predicted molar refractivity (Wildman–Crippen MR) is 73.5 cm³/mol. The van der Waals surface area contributed by atoms with Crippen molar-refractivity contribution in [2.24, 2.45) is 0 Å². The molecule has 0 bridgehead atoms. The van der Waals surface area contributed by atoms with E-state index in [0.29, 0.717) is 26.1 Å². The zero-order chi connectivity index (χ0) is 15.5. The van der Waals surface area contributed by atoms with Crippen LogP contribution in [-0.2, 0) is 4.74 Å². The van der Waals surface area contributed by atoms with Gasteiger partial charge in [-0.25, -0.2) is 4.79 Å². The quantitative estimate of drug-likeness (QED) is 0.552. The third kappa shape index (κ3) is 3.47. The van der Waals surface area contributed by atoms with E-state index >= 15 is 0 Å². The van der Waals surface area contributed by atoms with Crippen LogP contribution in [0.25, 0.3) is 0 Å². The molecule has 1 aliphatic heterocycles. The Morgan fingerprint density at radius 3 is 2.67 bits per heavy atom. The third-order valence-corrected chi connectivity index (χ3v) is 3.48. The molecule has 1 fully saturated rings. The summed E-state index contributed by atoms with van der Waals surface area (Å²) in [5.74, 6) is -1.37. The zero-order valence-electron chi connectivity index (χ0n) is 11.2. The van der Waals surface area contributed by atoms with Gasteiger partial charge in [0.05, 0.1) is 10.5 Å². The number of anilines is 1. The lowest BCUT2D eigenvalue weighted by Gasteiger charge is -2.32. The number of hydrogen-bond donors (Lipinski definition) is 3. The maximum absolute atomic E-state index is 11.1. The first-order valence-electron chi connectivity index (χ1n) is 6.48. The fraction of sp³-hybridized carbons (Fsp3) is 0.462. The molecule has 0 aliphatic carbocycles. The van der Waals surface area contributed by atoms with E-state index in [1.165, 1.54) is 18.2 Å². The standard InChI is InChI=1S/C13H16N2O6/c16-12(17)9-2-1-3-10(11(9)15(19)20)14-8-13(18)4-6-21-7-5-13/h1-3,14,18H,4-8H2,(H,16,17). The number of carbonyl (C=O) groups is 1. The van der Waals surface area contributed by atoms with Crippen molar-refractivity contribution in [3.63, 3.8) is 0 Å². The molecule has 1 aliphatic rings. The Balaban J connectivity index is 2.21. The number of aromatic carboxylic acids is 1. The molecule has 0 unspecified atom stereocenters. The number of hydrogen-bond acceptors (Lipinski definition) is 6. The van der Waals surface area contributed by atoms with Crippen LogP contribution in [0, 0.1) is 10.1 Å². The second kappa shape index (κ2) is 6.06. The minimum Gasteiger partial charge on any atom is -0.477 e. The molecule has 1 aromatic carbocycles. The van der Waals surface area contributed by atoms with Gasteiger partial charge in [0.15, 0.2) is 0 Å². The summed E-state index contributed by atoms with van der Waals surface area (Å²) in [7, 11) is 0. The first-order chi connectivity index (χ1) is 9.93. The molecular weight excluding hydrogens is 280 g/mol. The van der Waals surface area contributed by atoms with E-state index in [2.05, 4.69) is 5.32 Å². The van der Waals surface area contributed by atoms with Gasteiger partial charge in [-0.05, 0) is 12.1 Å². The molecule has 8 heteroatoms. The van der Waals surface area contributed by atoms with Crippen LogP contribution in [0.3, 0.4) is 0 Å². The highest BCUT2D eigenvalue weighted by molar-refractivity contribution is 5.95. The van der Waals surface area contributed by atoms with Gasteiger partial charge in [-0.15, -0.1) is 0 Å². The molecule has 3 N–H and O–H groups in total. The molecule has 8 nitrogen and oxygen atoms in total. The molecule has 2 rings (SSSR count). The van der Waals surface area contributed by atoms with Crippen LogP contribution in [0.2, 0.25) is 0 Å². The molecule has 0 atom stereocenters. The largest absolute Gasteiger partial charge is 0.477 e. The van der Waals surface area contributed by atoms with Crippen molar-refractivity contribution in [2.45, 2.75) is 18.4 Å². The highest BCUT2D eigenvalue weighted by atomic mass is 16.6. The van der Waals surface area contributed by atoms with E-state index in [-0.39, 0.29) is 17.8 Å². The fourth-order valence-electron chi connectivity index (χ4n) is 2.24. The SMILES string of the molecule is O=C(O)c1cccc(NCC2(O)CCOCC2)c1[N+](=O)[O-]. The Kier molecular flexibility index (Phi) is 4.39. The second-order valence-electron chi connectivity index (χ2n) is 4.95. The number of nitro groups is 1. The number of carboxylic acid groups (broad SMARTS) is 1. The van der Waals surface area contributed by atoms with E-state index in [9.17, 15) is 20.0 Å². The summed E-state index contributed by atoms with van der Waals surface area (Å²) in [5.41, 5.74) is -1.81. The van der Waals surface area contributed by atoms with Crippen LogP contribution >= 0.6 is 0 Å². The average molecular weight is 296 g/mol. The summed E-state index contributed by atoms with van der Waals surface area (Å²) in [6.45, 7) is 0.950. The number of nitrogens with one attached hydrogen (secondary N) is 1. The molecule has 1 heterocycles. The molecular formula is C13H16N2O6. The van der Waals surface area contributed by atoms with E-state index in [1.807, 2.05) is 0 Å². The minimum absolute atomic E-state index is 0.0832. The van der Waals surface area contributed by atoms with Crippen molar-refractivity contribution in [1.82, 2.24) is 0 Å². The van der Waals surface area contributed by atoms with Crippen LogP contribution in [0.4, 0.5) is 11.4 Å². The van der Waals surface area contributed by atoms with Gasteiger partial charge in [0, 0.05) is 32.6 Å². The number of para-hydroxylation sites is 1. The van der Waals surface area contributed by atoms with Gasteiger partial charge in [0.2, 0.25) is 0 Å². The fourth-order valence-corrected chi connectivity index (χ4v) is 2.24. The number of ether oxygens (including phenoxy) is 1. The van der Waals surface area contributed by atoms with Gasteiger partial charge >= 0.3 is 11.7 Å². The van der Waals surface area contributed by atoms with Crippen LogP contribution in [0.15, 0.2) is 18.2 Å². The molecule has 114 valence electrons. The molecule has 0 amide bonds. The Labute approximate surface area is 120 Å². The van der Waals surface area contributed by atoms with Crippen LogP contribution in [-0.4, -0.2) is 46.5 Å². The van der Waals surface area contributed by atoms with Crippen LogP contribution in [0.1, 0.15) is 23.2 Å². The molecule has 21 heavy (non-hydrogen) atoms. The van der Waals surface area contributed by atoms with Crippen molar-refractivity contribution in [2.75, 3.05) is 25.1 Å². The summed E-state index contributed by atoms with van der Waals surface area (Å²) in [5, 5.41) is 33.2. The number of rotatable bonds is 5. The van der Waals surface area contributed by atoms with Gasteiger partial charge in [-0.1, -0.05) is 6.07 Å². The lowest BCUT2D eigenvalue weighted by atomic mass is 9.94. The van der Waals surface area contributed by atoms with Crippen molar-refractivity contribution in [3.05, 3.63) is 33.9 Å². The summed E-state index contributed by atoms with van der Waals surface area (Å²) in [6.07, 6.45) is 0.846. The minimum atomic E-state index is -1.37. The number of nitrogens with zero attached hydrogens (tertiary/aromatic N) is 1. The second-order valence-corrected chi connectivity index (χ2v) is 4.95. The summed E-state index contributed by atoms with van der Waals surface area (Å²) >= 11 is 0. The summed E-state index contributed by atoms with van der Waals surface area (Å²) in [6, 6.07) is 4.02. The smallest absolute Gasteiger partial charge is 0.342 e. The van der Waals surface area contributed by atoms with E-state index < -0.39 is 22.2 Å². The number of carboxylic acids is 1. The highest BCUT2D eigenvalue weighted by Crippen LogP contribution is 2.30. The number of nitro benzene ring substituents is 1. The molecule has 0 saturated carbocycles. The number of benzene rings is 1. The van der Waals surface area contributed by atoms with E-state index in [4.69, 9.17) is 9.84 Å². The molecule has 1 saturated heterocycles. The topological polar surface area (TPSA) is 122 Å². The molecule has 0 aromatic heterocycles. The van der Waals surface area contributed by atoms with Crippen molar-refractivity contribution in [3.8, 4) is 0 Å². The van der Waals surface area contributed by atoms with Gasteiger partial charge in [0.25, 0.3) is 0 Å². The molecule has 1 aromatic rings. The number of aliphatic hydroxyl groups is 1. The Bertz CT molecular complexity index is 554. The van der Waals surface area contributed by atoms with Crippen molar-refractivity contribution < 1.29 is 24.7 Å². The van der Waals surface area contributed by atoms with Crippen molar-refractivity contribution in [1.29, 1.82) is 0 Å². The molecule has 0 radical (unpaired) electrons. The van der Waals surface area contributed by atoms with Gasteiger partial charge < -0.3 is 20.3 Å². The van der Waals surface area contributed by atoms with E-state index in [1.54, 1.807) is 0 Å². The lowest BCUT2D eigenvalue weighted by Crippen LogP contribution is -2.42. The van der Waals surface area contributed by atoms with E-state index in [0.717, 1.165) is 0 Å². The van der Waals surface area contributed by atoms with Gasteiger partial charge in [0.1, 0.15) is 11.3 Å². The Morgan fingerprint density at radius 1 is 1.43 bits per heavy atom. The summed E-state index contributed by atoms with van der Waals surface area (Å²) < 4.78 is 5.16. The van der Waals surface area contributed by atoms with Crippen molar-refractivity contribution >= 4 is 17.3 Å². The zero-order valence-corrected chi connectivity index (χ0v) is 11.2.